The second-order valence-electron chi connectivity index (χ2n) is 29.3. The molecule has 0 N–H and O–H groups in total. The van der Waals surface area contributed by atoms with E-state index in [4.69, 9.17) is 0 Å². The van der Waals surface area contributed by atoms with Gasteiger partial charge in [0.05, 0.1) is 0 Å². The molecular weight excluding hydrogens is 1040 g/mol. The van der Waals surface area contributed by atoms with E-state index in [0.717, 1.165) is 47.0 Å². The zero-order chi connectivity index (χ0) is 60.7. The fraction of sp³-hybridized carbons (Fsp3) is 0.333. The van der Waals surface area contributed by atoms with Crippen molar-refractivity contribution < 1.29 is 0 Å². The molecule has 0 saturated carbocycles. The minimum atomic E-state index is -0.223. The van der Waals surface area contributed by atoms with Crippen LogP contribution in [-0.2, 0) is 39.9 Å². The quantitative estimate of drug-likeness (QED) is 0.126. The summed E-state index contributed by atoms with van der Waals surface area (Å²) in [6.07, 6.45) is 8.36. The third-order valence-electron chi connectivity index (χ3n) is 19.6. The first-order valence-electron chi connectivity index (χ1n) is 32.4. The number of rotatable bonds is 10. The van der Waals surface area contributed by atoms with Crippen molar-refractivity contribution in [3.05, 3.63) is 250 Å². The van der Waals surface area contributed by atoms with Gasteiger partial charge in [0.1, 0.15) is 0 Å². The molecule has 0 fully saturated rings. The third-order valence-corrected chi connectivity index (χ3v) is 19.6. The summed E-state index contributed by atoms with van der Waals surface area (Å²) in [6, 6.07) is 74.9. The first-order chi connectivity index (χ1) is 41.0. The Morgan fingerprint density at radius 2 is 0.709 bits per heavy atom. The SMILES string of the molecule is CC(C)c1c2ccccc2c(C(C)(C)c2ccc3c4c2CCCC42CCCc4c(-c5ccc(N(c6ccc(N(c7ccc(C(C)(C)C)cc7)c7ccc(C(C)(C)C)cc7)cc6)c6ccc(C(C)(C)C)cc6)cc5)ccc-3c42)c2ccccc12.CCC. The van der Waals surface area contributed by atoms with E-state index in [1.165, 1.54) is 109 Å². The standard InChI is InChI=1S/C81H84N2.C3H8/c1-52(2)73-64-20-14-16-22-67(64)74(68-23-17-15-21-65(68)73)80(12,13)72-49-48-70-69-47-46-63(66-24-18-50-81(75(66)69)51-19-25-71(72)76(70)81)53-26-34-57(35-27-53)82(58-36-28-54(29-37-58)77(3,4)5)61-42-44-62(45-43-61)83(59-38-30-55(31-39-59)78(6,7)8)60-40-32-56(33-41-60)79(9,10)11;1-3-2/h14-17,20-23,26-49,52H,18-19,24-25,50-51H2,1-13H3;3H2,1-2H3. The van der Waals surface area contributed by atoms with Gasteiger partial charge in [0, 0.05) is 45.0 Å². The molecular formula is C84H92N2. The van der Waals surface area contributed by atoms with Crippen LogP contribution in [0.15, 0.2) is 194 Å². The van der Waals surface area contributed by atoms with Crippen LogP contribution in [0.1, 0.15) is 198 Å². The summed E-state index contributed by atoms with van der Waals surface area (Å²) in [6.45, 7) is 34.6. The van der Waals surface area contributed by atoms with Crippen molar-refractivity contribution in [3.63, 3.8) is 0 Å². The number of anilines is 6. The molecule has 3 aliphatic rings. The van der Waals surface area contributed by atoms with E-state index < -0.39 is 0 Å². The van der Waals surface area contributed by atoms with Crippen molar-refractivity contribution in [2.45, 2.75) is 182 Å². The van der Waals surface area contributed by atoms with Gasteiger partial charge in [0.15, 0.2) is 0 Å². The van der Waals surface area contributed by atoms with E-state index in [1.54, 1.807) is 22.3 Å². The molecule has 2 nitrogen and oxygen atoms in total. The topological polar surface area (TPSA) is 6.48 Å². The number of fused-ring (bicyclic) bond motifs is 3. The van der Waals surface area contributed by atoms with Crippen molar-refractivity contribution >= 4 is 55.7 Å². The van der Waals surface area contributed by atoms with Gasteiger partial charge in [-0.05, 0) is 233 Å². The normalized spacial score (nSPS) is 15.5. The molecule has 86 heavy (non-hydrogen) atoms. The monoisotopic (exact) mass is 1130 g/mol. The molecule has 3 aliphatic carbocycles. The Morgan fingerprint density at radius 3 is 1.09 bits per heavy atom. The van der Waals surface area contributed by atoms with E-state index in [-0.39, 0.29) is 27.1 Å². The summed E-state index contributed by atoms with van der Waals surface area (Å²) in [5, 5.41) is 5.59. The van der Waals surface area contributed by atoms with Crippen LogP contribution in [0.3, 0.4) is 0 Å². The zero-order valence-corrected chi connectivity index (χ0v) is 54.4. The average molecular weight is 1130 g/mol. The van der Waals surface area contributed by atoms with Gasteiger partial charge in [0.25, 0.3) is 0 Å². The smallest absolute Gasteiger partial charge is 0.0463 e. The minimum absolute atomic E-state index is 0.0447. The Labute approximate surface area is 516 Å². The lowest BCUT2D eigenvalue weighted by Crippen LogP contribution is -2.35. The second kappa shape index (κ2) is 22.2. The Bertz CT molecular complexity index is 4000. The predicted molar refractivity (Wildman–Crippen MR) is 373 cm³/mol. The summed E-state index contributed by atoms with van der Waals surface area (Å²) in [4.78, 5) is 4.83. The molecule has 438 valence electrons. The molecule has 10 aromatic rings. The van der Waals surface area contributed by atoms with E-state index in [9.17, 15) is 0 Å². The highest BCUT2D eigenvalue weighted by molar-refractivity contribution is 6.07. The summed E-state index contributed by atoms with van der Waals surface area (Å²) in [5.74, 6) is 0.420. The fourth-order valence-corrected chi connectivity index (χ4v) is 15.5. The summed E-state index contributed by atoms with van der Waals surface area (Å²) in [7, 11) is 0. The summed E-state index contributed by atoms with van der Waals surface area (Å²) in [5.41, 5.74) is 27.4. The van der Waals surface area contributed by atoms with Gasteiger partial charge in [-0.25, -0.2) is 0 Å². The van der Waals surface area contributed by atoms with E-state index in [2.05, 4.69) is 308 Å². The lowest BCUT2D eigenvalue weighted by atomic mass is 9.60. The first-order valence-corrected chi connectivity index (χ1v) is 32.4. The van der Waals surface area contributed by atoms with Crippen LogP contribution in [0.2, 0.25) is 0 Å². The fourth-order valence-electron chi connectivity index (χ4n) is 15.5. The van der Waals surface area contributed by atoms with Gasteiger partial charge in [0.2, 0.25) is 0 Å². The molecule has 0 aliphatic heterocycles. The molecule has 0 radical (unpaired) electrons. The zero-order valence-electron chi connectivity index (χ0n) is 54.4. The van der Waals surface area contributed by atoms with Crippen LogP contribution in [0.4, 0.5) is 34.1 Å². The number of benzene rings is 10. The molecule has 0 amide bonds. The van der Waals surface area contributed by atoms with Gasteiger partial charge in [-0.1, -0.05) is 232 Å². The molecule has 0 aromatic heterocycles. The van der Waals surface area contributed by atoms with Crippen LogP contribution >= 0.6 is 0 Å². The van der Waals surface area contributed by atoms with Crippen molar-refractivity contribution in [3.8, 4) is 22.3 Å². The largest absolute Gasteiger partial charge is 0.311 e. The maximum atomic E-state index is 2.55. The molecule has 10 aromatic carbocycles. The van der Waals surface area contributed by atoms with Crippen LogP contribution in [0.25, 0.3) is 43.8 Å². The van der Waals surface area contributed by atoms with Gasteiger partial charge in [-0.3, -0.25) is 0 Å². The molecule has 1 atom stereocenters. The molecule has 0 bridgehead atoms. The van der Waals surface area contributed by atoms with Crippen molar-refractivity contribution in [1.82, 2.24) is 0 Å². The van der Waals surface area contributed by atoms with E-state index in [1.807, 2.05) is 0 Å². The maximum absolute atomic E-state index is 2.55. The predicted octanol–water partition coefficient (Wildman–Crippen LogP) is 24.3. The maximum Gasteiger partial charge on any atom is 0.0463 e. The Balaban J connectivity index is 0.00000236. The van der Waals surface area contributed by atoms with Crippen LogP contribution in [0.5, 0.6) is 0 Å². The molecule has 0 saturated heterocycles. The highest BCUT2D eigenvalue weighted by Crippen LogP contribution is 2.63. The van der Waals surface area contributed by atoms with Gasteiger partial charge < -0.3 is 9.80 Å². The number of hydrogen-bond donors (Lipinski definition) is 0. The number of hydrogen-bond acceptors (Lipinski definition) is 2. The second-order valence-corrected chi connectivity index (χ2v) is 29.3. The third kappa shape index (κ3) is 10.2. The molecule has 1 unspecified atom stereocenters. The van der Waals surface area contributed by atoms with Crippen molar-refractivity contribution in [1.29, 1.82) is 0 Å². The van der Waals surface area contributed by atoms with Crippen LogP contribution in [-0.4, -0.2) is 0 Å². The Kier molecular flexibility index (Phi) is 15.2. The minimum Gasteiger partial charge on any atom is -0.311 e. The average Bonchev–Trinajstić information content (AvgIpc) is 1.49. The lowest BCUT2D eigenvalue weighted by molar-refractivity contribution is 0.375. The van der Waals surface area contributed by atoms with Gasteiger partial charge in [-0.2, -0.15) is 0 Å². The summed E-state index contributed by atoms with van der Waals surface area (Å²) < 4.78 is 0. The summed E-state index contributed by atoms with van der Waals surface area (Å²) >= 11 is 0. The van der Waals surface area contributed by atoms with Crippen LogP contribution in [0, 0.1) is 0 Å². The van der Waals surface area contributed by atoms with E-state index in [0.29, 0.717) is 5.92 Å². The molecule has 1 spiro atoms. The first kappa shape index (κ1) is 58.7. The van der Waals surface area contributed by atoms with E-state index >= 15 is 0 Å². The van der Waals surface area contributed by atoms with Crippen molar-refractivity contribution in [2.75, 3.05) is 9.80 Å². The molecule has 13 rings (SSSR count). The molecule has 2 heteroatoms. The van der Waals surface area contributed by atoms with Gasteiger partial charge >= 0.3 is 0 Å². The highest BCUT2D eigenvalue weighted by Gasteiger charge is 2.50. The molecule has 0 heterocycles. The van der Waals surface area contributed by atoms with Gasteiger partial charge in [-0.15, -0.1) is 0 Å². The lowest BCUT2D eigenvalue weighted by Gasteiger charge is -2.43. The Hall–Kier alpha value is -7.68. The number of nitrogens with zero attached hydrogens (tertiary/aromatic N) is 2. The van der Waals surface area contributed by atoms with Crippen LogP contribution < -0.4 is 9.80 Å². The van der Waals surface area contributed by atoms with Crippen molar-refractivity contribution in [2.24, 2.45) is 0 Å². The Morgan fingerprint density at radius 1 is 0.384 bits per heavy atom. The highest BCUT2D eigenvalue weighted by atomic mass is 15.2.